The average molecular weight is 334 g/mol. The number of aromatic nitrogens is 2. The summed E-state index contributed by atoms with van der Waals surface area (Å²) in [4.78, 5) is 12.3. The fourth-order valence-corrected chi connectivity index (χ4v) is 2.36. The van der Waals surface area contributed by atoms with E-state index in [4.69, 9.17) is 9.47 Å². The van der Waals surface area contributed by atoms with Crippen LogP contribution < -0.4 is 20.1 Å². The van der Waals surface area contributed by atoms with Gasteiger partial charge in [0.25, 0.3) is 5.91 Å². The van der Waals surface area contributed by atoms with Crippen molar-refractivity contribution in [2.24, 2.45) is 0 Å². The Bertz CT molecular complexity index is 898. The van der Waals surface area contributed by atoms with Gasteiger partial charge >= 0.3 is 0 Å². The van der Waals surface area contributed by atoms with Gasteiger partial charge < -0.3 is 20.1 Å². The van der Waals surface area contributed by atoms with E-state index >= 15 is 0 Å². The fraction of sp³-hybridized carbons (Fsp3) is 0.0556. The third-order valence-electron chi connectivity index (χ3n) is 3.57. The number of para-hydroxylation sites is 1. The van der Waals surface area contributed by atoms with Crippen LogP contribution in [-0.4, -0.2) is 22.9 Å². The Hall–Kier alpha value is -3.61. The lowest BCUT2D eigenvalue weighted by atomic mass is 10.2. The Balaban J connectivity index is 1.44. The van der Waals surface area contributed by atoms with Crippen LogP contribution in [0.5, 0.6) is 11.5 Å². The molecule has 0 radical (unpaired) electrons. The molecule has 0 aliphatic carbocycles. The molecule has 0 saturated carbocycles. The fourth-order valence-electron chi connectivity index (χ4n) is 2.36. The number of nitrogens with one attached hydrogen (secondary N) is 2. The minimum atomic E-state index is -0.349. The highest BCUT2D eigenvalue weighted by Gasteiger charge is 2.15. The molecule has 124 valence electrons. The van der Waals surface area contributed by atoms with Crippen molar-refractivity contribution >= 4 is 23.1 Å². The van der Waals surface area contributed by atoms with E-state index in [1.54, 1.807) is 30.3 Å². The van der Waals surface area contributed by atoms with E-state index in [-0.39, 0.29) is 18.4 Å². The zero-order valence-electron chi connectivity index (χ0n) is 13.1. The molecular formula is C18H14N4O3. The largest absolute Gasteiger partial charge is 0.454 e. The molecule has 25 heavy (non-hydrogen) atoms. The van der Waals surface area contributed by atoms with Crippen molar-refractivity contribution in [3.63, 3.8) is 0 Å². The third kappa shape index (κ3) is 3.35. The lowest BCUT2D eigenvalue weighted by Gasteiger charge is -2.07. The maximum atomic E-state index is 12.3. The summed E-state index contributed by atoms with van der Waals surface area (Å²) in [6, 6.07) is 18.1. The van der Waals surface area contributed by atoms with Gasteiger partial charge in [-0.05, 0) is 36.4 Å². The van der Waals surface area contributed by atoms with Gasteiger partial charge in [0.2, 0.25) is 6.79 Å². The highest BCUT2D eigenvalue weighted by atomic mass is 16.7. The Kier molecular flexibility index (Phi) is 3.88. The van der Waals surface area contributed by atoms with Gasteiger partial charge in [-0.15, -0.1) is 10.2 Å². The lowest BCUT2D eigenvalue weighted by Crippen LogP contribution is -2.14. The Morgan fingerprint density at radius 3 is 2.52 bits per heavy atom. The van der Waals surface area contributed by atoms with Gasteiger partial charge in [0, 0.05) is 17.4 Å². The van der Waals surface area contributed by atoms with E-state index in [0.29, 0.717) is 23.0 Å². The predicted octanol–water partition coefficient (Wildman–Crippen LogP) is 3.20. The number of ether oxygens (including phenoxy) is 2. The summed E-state index contributed by atoms with van der Waals surface area (Å²) in [5.41, 5.74) is 1.72. The van der Waals surface area contributed by atoms with Crippen LogP contribution in [0.4, 0.5) is 17.2 Å². The first-order valence-corrected chi connectivity index (χ1v) is 7.65. The maximum Gasteiger partial charge on any atom is 0.276 e. The van der Waals surface area contributed by atoms with Crippen molar-refractivity contribution in [1.82, 2.24) is 10.2 Å². The van der Waals surface area contributed by atoms with Gasteiger partial charge in [-0.2, -0.15) is 0 Å². The van der Waals surface area contributed by atoms with E-state index in [1.165, 1.54) is 0 Å². The van der Waals surface area contributed by atoms with Crippen LogP contribution in [0, 0.1) is 0 Å². The monoisotopic (exact) mass is 334 g/mol. The number of hydrogen-bond donors (Lipinski definition) is 2. The van der Waals surface area contributed by atoms with Crippen LogP contribution in [0.2, 0.25) is 0 Å². The second-order valence-electron chi connectivity index (χ2n) is 5.32. The molecule has 0 unspecified atom stereocenters. The zero-order chi connectivity index (χ0) is 17.1. The number of fused-ring (bicyclic) bond motifs is 1. The summed E-state index contributed by atoms with van der Waals surface area (Å²) in [5, 5.41) is 13.9. The number of amides is 1. The molecule has 1 amide bonds. The quantitative estimate of drug-likeness (QED) is 0.762. The van der Waals surface area contributed by atoms with E-state index in [0.717, 1.165) is 5.69 Å². The zero-order valence-corrected chi connectivity index (χ0v) is 13.1. The van der Waals surface area contributed by atoms with Crippen molar-refractivity contribution in [3.05, 3.63) is 66.4 Å². The summed E-state index contributed by atoms with van der Waals surface area (Å²) in [6.45, 7) is 0.189. The molecule has 1 aromatic heterocycles. The van der Waals surface area contributed by atoms with Gasteiger partial charge in [0.1, 0.15) is 0 Å². The van der Waals surface area contributed by atoms with Crippen LogP contribution in [0.3, 0.4) is 0 Å². The maximum absolute atomic E-state index is 12.3. The van der Waals surface area contributed by atoms with Gasteiger partial charge in [-0.1, -0.05) is 18.2 Å². The highest BCUT2D eigenvalue weighted by molar-refractivity contribution is 6.03. The Morgan fingerprint density at radius 2 is 1.72 bits per heavy atom. The summed E-state index contributed by atoms with van der Waals surface area (Å²) in [7, 11) is 0. The molecule has 7 nitrogen and oxygen atoms in total. The van der Waals surface area contributed by atoms with Crippen LogP contribution in [0.1, 0.15) is 10.5 Å². The molecule has 2 N–H and O–H groups in total. The second-order valence-corrected chi connectivity index (χ2v) is 5.32. The molecule has 0 saturated heterocycles. The van der Waals surface area contributed by atoms with Gasteiger partial charge in [-0.25, -0.2) is 0 Å². The Labute approximate surface area is 143 Å². The van der Waals surface area contributed by atoms with Gasteiger partial charge in [0.15, 0.2) is 23.0 Å². The molecule has 2 aromatic carbocycles. The van der Waals surface area contributed by atoms with E-state index in [1.807, 2.05) is 30.3 Å². The minimum Gasteiger partial charge on any atom is -0.454 e. The molecule has 4 rings (SSSR count). The number of carbonyl (C=O) groups excluding carboxylic acids is 1. The molecule has 2 heterocycles. The molecule has 1 aliphatic rings. The van der Waals surface area contributed by atoms with Crippen LogP contribution >= 0.6 is 0 Å². The highest BCUT2D eigenvalue weighted by Crippen LogP contribution is 2.34. The van der Waals surface area contributed by atoms with Crippen LogP contribution in [-0.2, 0) is 0 Å². The smallest absolute Gasteiger partial charge is 0.276 e. The lowest BCUT2D eigenvalue weighted by molar-refractivity contribution is 0.102. The van der Waals surface area contributed by atoms with E-state index < -0.39 is 0 Å². The summed E-state index contributed by atoms with van der Waals surface area (Å²) in [6.07, 6.45) is 0. The molecule has 3 aromatic rings. The molecule has 7 heteroatoms. The van der Waals surface area contributed by atoms with Gasteiger partial charge in [0.05, 0.1) is 0 Å². The first kappa shape index (κ1) is 14.9. The first-order chi connectivity index (χ1) is 12.3. The number of hydrogen-bond acceptors (Lipinski definition) is 6. The van der Waals surface area contributed by atoms with Crippen molar-refractivity contribution < 1.29 is 14.3 Å². The summed E-state index contributed by atoms with van der Waals surface area (Å²) in [5.74, 6) is 1.48. The normalized spacial score (nSPS) is 11.8. The molecule has 0 bridgehead atoms. The first-order valence-electron chi connectivity index (χ1n) is 7.65. The van der Waals surface area contributed by atoms with Crippen LogP contribution in [0.25, 0.3) is 0 Å². The Morgan fingerprint density at radius 1 is 0.880 bits per heavy atom. The number of anilines is 3. The van der Waals surface area contributed by atoms with E-state index in [9.17, 15) is 4.79 Å². The third-order valence-corrected chi connectivity index (χ3v) is 3.57. The standard InChI is InChI=1S/C18H14N4O3/c23-18(20-13-6-8-15-16(10-13)25-11-24-15)14-7-9-17(22-21-14)19-12-4-2-1-3-5-12/h1-10H,11H2,(H,19,22)(H,20,23). The summed E-state index contributed by atoms with van der Waals surface area (Å²) < 4.78 is 10.5. The topological polar surface area (TPSA) is 85.4 Å². The predicted molar refractivity (Wildman–Crippen MR) is 92.3 cm³/mol. The van der Waals surface area contributed by atoms with Crippen molar-refractivity contribution in [2.45, 2.75) is 0 Å². The SMILES string of the molecule is O=C(Nc1ccc2c(c1)OCO2)c1ccc(Nc2ccccc2)nn1. The second kappa shape index (κ2) is 6.48. The molecule has 0 atom stereocenters. The molecule has 0 spiro atoms. The number of nitrogens with zero attached hydrogens (tertiary/aromatic N) is 2. The van der Waals surface area contributed by atoms with Crippen molar-refractivity contribution in [3.8, 4) is 11.5 Å². The van der Waals surface area contributed by atoms with Gasteiger partial charge in [-0.3, -0.25) is 4.79 Å². The average Bonchev–Trinajstić information content (AvgIpc) is 3.11. The van der Waals surface area contributed by atoms with E-state index in [2.05, 4.69) is 20.8 Å². The van der Waals surface area contributed by atoms with Crippen LogP contribution in [0.15, 0.2) is 60.7 Å². The number of carbonyl (C=O) groups is 1. The summed E-state index contributed by atoms with van der Waals surface area (Å²) >= 11 is 0. The number of benzene rings is 2. The van der Waals surface area contributed by atoms with Crippen molar-refractivity contribution in [2.75, 3.05) is 17.4 Å². The minimum absolute atomic E-state index is 0.189. The molecule has 1 aliphatic heterocycles. The molecule has 0 fully saturated rings. The number of rotatable bonds is 4. The molecular weight excluding hydrogens is 320 g/mol. The van der Waals surface area contributed by atoms with Crippen molar-refractivity contribution in [1.29, 1.82) is 0 Å².